The van der Waals surface area contributed by atoms with Crippen molar-refractivity contribution < 1.29 is 14.7 Å². The zero-order chi connectivity index (χ0) is 14.7. The fourth-order valence-corrected chi connectivity index (χ4v) is 1.92. The van der Waals surface area contributed by atoms with Crippen LogP contribution in [0.25, 0.3) is 0 Å². The van der Waals surface area contributed by atoms with Gasteiger partial charge in [-0.25, -0.2) is 4.79 Å². The van der Waals surface area contributed by atoms with Crippen LogP contribution in [0.1, 0.15) is 26.4 Å². The lowest BCUT2D eigenvalue weighted by atomic mass is 10.2. The van der Waals surface area contributed by atoms with Crippen LogP contribution in [-0.4, -0.2) is 26.8 Å². The lowest BCUT2D eigenvalue weighted by Gasteiger charge is -2.05. The third kappa shape index (κ3) is 2.97. The average molecular weight is 294 g/mol. The SMILES string of the molecule is Cn1cc(C(=O)O)c(C(=O)NCc2ccccc2Cl)n1. The van der Waals surface area contributed by atoms with Crippen LogP contribution < -0.4 is 5.32 Å². The number of amides is 1. The van der Waals surface area contributed by atoms with Gasteiger partial charge in [-0.3, -0.25) is 9.48 Å². The molecule has 0 saturated heterocycles. The number of rotatable bonds is 4. The first kappa shape index (κ1) is 14.1. The highest BCUT2D eigenvalue weighted by atomic mass is 35.5. The molecule has 0 radical (unpaired) electrons. The first-order chi connectivity index (χ1) is 9.49. The van der Waals surface area contributed by atoms with E-state index in [2.05, 4.69) is 10.4 Å². The van der Waals surface area contributed by atoms with Gasteiger partial charge in [0.2, 0.25) is 0 Å². The molecule has 6 nitrogen and oxygen atoms in total. The van der Waals surface area contributed by atoms with Gasteiger partial charge in [-0.05, 0) is 11.6 Å². The quantitative estimate of drug-likeness (QED) is 0.898. The maximum Gasteiger partial charge on any atom is 0.339 e. The fourth-order valence-electron chi connectivity index (χ4n) is 1.71. The summed E-state index contributed by atoms with van der Waals surface area (Å²) in [6, 6.07) is 7.08. The fraction of sp³-hybridized carbons (Fsp3) is 0.154. The molecule has 1 aromatic heterocycles. The molecule has 0 spiro atoms. The molecule has 0 aliphatic carbocycles. The molecule has 2 aromatic rings. The van der Waals surface area contributed by atoms with Gasteiger partial charge in [0.05, 0.1) is 0 Å². The van der Waals surface area contributed by atoms with Crippen LogP contribution in [0.3, 0.4) is 0 Å². The zero-order valence-corrected chi connectivity index (χ0v) is 11.4. The molecule has 0 atom stereocenters. The average Bonchev–Trinajstić information content (AvgIpc) is 2.80. The van der Waals surface area contributed by atoms with Gasteiger partial charge in [-0.15, -0.1) is 0 Å². The van der Waals surface area contributed by atoms with Crippen LogP contribution in [-0.2, 0) is 13.6 Å². The number of hydrogen-bond acceptors (Lipinski definition) is 3. The first-order valence-electron chi connectivity index (χ1n) is 5.77. The topological polar surface area (TPSA) is 84.2 Å². The van der Waals surface area contributed by atoms with Crippen molar-refractivity contribution in [1.29, 1.82) is 0 Å². The van der Waals surface area contributed by atoms with Gasteiger partial charge in [0.25, 0.3) is 5.91 Å². The van der Waals surface area contributed by atoms with Crippen molar-refractivity contribution in [2.24, 2.45) is 7.05 Å². The minimum atomic E-state index is -1.19. The zero-order valence-electron chi connectivity index (χ0n) is 10.6. The number of aromatic nitrogens is 2. The Labute approximate surface area is 120 Å². The normalized spacial score (nSPS) is 10.3. The van der Waals surface area contributed by atoms with Crippen LogP contribution in [0.4, 0.5) is 0 Å². The molecule has 2 rings (SSSR count). The summed E-state index contributed by atoms with van der Waals surface area (Å²) in [7, 11) is 1.55. The van der Waals surface area contributed by atoms with E-state index >= 15 is 0 Å². The second kappa shape index (κ2) is 5.75. The Morgan fingerprint density at radius 2 is 2.10 bits per heavy atom. The van der Waals surface area contributed by atoms with Crippen LogP contribution >= 0.6 is 11.6 Å². The summed E-state index contributed by atoms with van der Waals surface area (Å²) < 4.78 is 1.29. The van der Waals surface area contributed by atoms with Gasteiger partial charge in [-0.2, -0.15) is 5.10 Å². The number of carbonyl (C=O) groups excluding carboxylic acids is 1. The third-order valence-corrected chi connectivity index (χ3v) is 3.04. The molecule has 104 valence electrons. The van der Waals surface area contributed by atoms with Crippen molar-refractivity contribution in [2.45, 2.75) is 6.54 Å². The molecule has 1 heterocycles. The van der Waals surface area contributed by atoms with Crippen molar-refractivity contribution in [3.05, 3.63) is 52.3 Å². The van der Waals surface area contributed by atoms with Crippen molar-refractivity contribution in [1.82, 2.24) is 15.1 Å². The summed E-state index contributed by atoms with van der Waals surface area (Å²) in [6.45, 7) is 0.203. The van der Waals surface area contributed by atoms with Gasteiger partial charge < -0.3 is 10.4 Å². The van der Waals surface area contributed by atoms with Crippen LogP contribution in [0.15, 0.2) is 30.5 Å². The van der Waals surface area contributed by atoms with E-state index in [4.69, 9.17) is 16.7 Å². The summed E-state index contributed by atoms with van der Waals surface area (Å²) >= 11 is 5.97. The molecular weight excluding hydrogens is 282 g/mol. The van der Waals surface area contributed by atoms with E-state index in [1.165, 1.54) is 10.9 Å². The molecule has 0 unspecified atom stereocenters. The van der Waals surface area contributed by atoms with Crippen LogP contribution in [0.2, 0.25) is 5.02 Å². The minimum Gasteiger partial charge on any atom is -0.478 e. The Hall–Kier alpha value is -2.34. The van der Waals surface area contributed by atoms with E-state index in [0.29, 0.717) is 5.02 Å². The van der Waals surface area contributed by atoms with E-state index in [1.54, 1.807) is 31.3 Å². The minimum absolute atomic E-state index is 0.118. The molecule has 7 heteroatoms. The number of benzene rings is 1. The molecule has 0 saturated carbocycles. The maximum atomic E-state index is 12.0. The van der Waals surface area contributed by atoms with Gasteiger partial charge >= 0.3 is 5.97 Å². The number of aryl methyl sites for hydroxylation is 1. The summed E-state index contributed by atoms with van der Waals surface area (Å²) in [4.78, 5) is 23.0. The number of hydrogen-bond donors (Lipinski definition) is 2. The van der Waals surface area contributed by atoms with E-state index in [-0.39, 0.29) is 17.8 Å². The van der Waals surface area contributed by atoms with Crippen molar-refractivity contribution in [3.8, 4) is 0 Å². The lowest BCUT2D eigenvalue weighted by molar-refractivity contribution is 0.0691. The predicted octanol–water partition coefficient (Wildman–Crippen LogP) is 1.70. The van der Waals surface area contributed by atoms with E-state index < -0.39 is 11.9 Å². The molecule has 1 aromatic carbocycles. The molecule has 0 bridgehead atoms. The number of nitrogens with zero attached hydrogens (tertiary/aromatic N) is 2. The molecule has 20 heavy (non-hydrogen) atoms. The Morgan fingerprint density at radius 3 is 2.75 bits per heavy atom. The number of carboxylic acid groups (broad SMARTS) is 1. The summed E-state index contributed by atoms with van der Waals surface area (Å²) in [5, 5.41) is 16.0. The van der Waals surface area contributed by atoms with Gasteiger partial charge in [0.15, 0.2) is 5.69 Å². The van der Waals surface area contributed by atoms with Gasteiger partial charge in [-0.1, -0.05) is 29.8 Å². The highest BCUT2D eigenvalue weighted by Gasteiger charge is 2.20. The van der Waals surface area contributed by atoms with Crippen molar-refractivity contribution in [2.75, 3.05) is 0 Å². The first-order valence-corrected chi connectivity index (χ1v) is 6.15. The molecule has 1 amide bonds. The number of carbonyl (C=O) groups is 2. The molecule has 0 aliphatic rings. The highest BCUT2D eigenvalue weighted by Crippen LogP contribution is 2.14. The second-order valence-electron chi connectivity index (χ2n) is 4.14. The van der Waals surface area contributed by atoms with Crippen molar-refractivity contribution >= 4 is 23.5 Å². The Kier molecular flexibility index (Phi) is 4.05. The number of halogens is 1. The molecule has 0 fully saturated rings. The Balaban J connectivity index is 2.13. The number of nitrogens with one attached hydrogen (secondary N) is 1. The van der Waals surface area contributed by atoms with Crippen LogP contribution in [0, 0.1) is 0 Å². The van der Waals surface area contributed by atoms with Gasteiger partial charge in [0, 0.05) is 24.8 Å². The summed E-state index contributed by atoms with van der Waals surface area (Å²) in [6.07, 6.45) is 1.28. The lowest BCUT2D eigenvalue weighted by Crippen LogP contribution is -2.25. The maximum absolute atomic E-state index is 12.0. The monoisotopic (exact) mass is 293 g/mol. The van der Waals surface area contributed by atoms with Gasteiger partial charge in [0.1, 0.15) is 5.56 Å². The van der Waals surface area contributed by atoms with E-state index in [0.717, 1.165) is 5.56 Å². The molecule has 2 N–H and O–H groups in total. The molecule has 0 aliphatic heterocycles. The molecular formula is C13H12ClN3O3. The Bertz CT molecular complexity index is 667. The van der Waals surface area contributed by atoms with Crippen LogP contribution in [0.5, 0.6) is 0 Å². The highest BCUT2D eigenvalue weighted by molar-refractivity contribution is 6.31. The summed E-state index contributed by atoms with van der Waals surface area (Å²) in [5.74, 6) is -1.75. The summed E-state index contributed by atoms with van der Waals surface area (Å²) in [5.41, 5.74) is 0.492. The van der Waals surface area contributed by atoms with E-state index in [9.17, 15) is 9.59 Å². The smallest absolute Gasteiger partial charge is 0.339 e. The number of aromatic carboxylic acids is 1. The van der Waals surface area contributed by atoms with Crippen molar-refractivity contribution in [3.63, 3.8) is 0 Å². The number of carboxylic acids is 1. The Morgan fingerprint density at radius 1 is 1.40 bits per heavy atom. The predicted molar refractivity (Wildman–Crippen MR) is 72.8 cm³/mol. The third-order valence-electron chi connectivity index (χ3n) is 2.67. The second-order valence-corrected chi connectivity index (χ2v) is 4.55. The van der Waals surface area contributed by atoms with E-state index in [1.807, 2.05) is 0 Å². The standard InChI is InChI=1S/C13H12ClN3O3/c1-17-7-9(13(19)20)11(16-17)12(18)15-6-8-4-2-3-5-10(8)14/h2-5,7H,6H2,1H3,(H,15,18)(H,19,20). The largest absolute Gasteiger partial charge is 0.478 e.